The maximum Gasteiger partial charge on any atom is 0.137 e. The summed E-state index contributed by atoms with van der Waals surface area (Å²) in [5.41, 5.74) is 0. The fourth-order valence-electron chi connectivity index (χ4n) is 2.25. The summed E-state index contributed by atoms with van der Waals surface area (Å²) in [7, 11) is 0. The molecule has 1 aromatic rings. The van der Waals surface area contributed by atoms with Crippen molar-refractivity contribution < 1.29 is 0 Å². The maximum atomic E-state index is 4.27. The lowest BCUT2D eigenvalue weighted by molar-refractivity contribution is 0.432. The van der Waals surface area contributed by atoms with Gasteiger partial charge in [0.05, 0.1) is 0 Å². The van der Waals surface area contributed by atoms with Crippen LogP contribution in [0.1, 0.15) is 43.5 Å². The molecule has 2 fully saturated rings. The van der Waals surface area contributed by atoms with Gasteiger partial charge in [0.2, 0.25) is 0 Å². The molecule has 1 aromatic heterocycles. The molecule has 0 aromatic carbocycles. The van der Waals surface area contributed by atoms with E-state index in [4.69, 9.17) is 0 Å². The largest absolute Gasteiger partial charge is 0.316 e. The van der Waals surface area contributed by atoms with Crippen molar-refractivity contribution in [1.29, 1.82) is 0 Å². The second-order valence-corrected chi connectivity index (χ2v) is 4.37. The molecule has 1 saturated heterocycles. The Morgan fingerprint density at radius 2 is 2.06 bits per heavy atom. The van der Waals surface area contributed by atoms with Crippen molar-refractivity contribution in [3.8, 4) is 0 Å². The minimum absolute atomic E-state index is 0. The molecular formula is C10H18Cl2N4. The topological polar surface area (TPSA) is 42.7 Å². The Hall–Kier alpha value is -0.320. The number of hydrogen-bond acceptors (Lipinski definition) is 3. The zero-order chi connectivity index (χ0) is 9.38. The molecule has 2 aliphatic rings. The van der Waals surface area contributed by atoms with Gasteiger partial charge in [0.15, 0.2) is 0 Å². The van der Waals surface area contributed by atoms with E-state index < -0.39 is 0 Å². The van der Waals surface area contributed by atoms with E-state index in [1.807, 2.05) is 6.33 Å². The number of nitrogens with zero attached hydrogens (tertiary/aromatic N) is 3. The van der Waals surface area contributed by atoms with Crippen LogP contribution in [0.3, 0.4) is 0 Å². The first-order valence-corrected chi connectivity index (χ1v) is 5.55. The standard InChI is InChI=1S/C10H16N4.2ClH/c1-2-8(6-11-5-1)10-13-12-7-14(10)9-3-4-9;;/h7-9,11H,1-6H2;2*1H. The lowest BCUT2D eigenvalue weighted by Gasteiger charge is -2.22. The van der Waals surface area contributed by atoms with Crippen molar-refractivity contribution in [2.45, 2.75) is 37.6 Å². The molecule has 1 atom stereocenters. The predicted molar refractivity (Wildman–Crippen MR) is 67.6 cm³/mol. The monoisotopic (exact) mass is 264 g/mol. The Bertz CT molecular complexity index is 318. The number of aromatic nitrogens is 3. The van der Waals surface area contributed by atoms with Crippen LogP contribution in [0, 0.1) is 0 Å². The second-order valence-electron chi connectivity index (χ2n) is 4.37. The fourth-order valence-corrected chi connectivity index (χ4v) is 2.25. The van der Waals surface area contributed by atoms with E-state index in [1.165, 1.54) is 31.5 Å². The van der Waals surface area contributed by atoms with Crippen LogP contribution in [0.15, 0.2) is 6.33 Å². The minimum atomic E-state index is 0. The number of rotatable bonds is 2. The van der Waals surface area contributed by atoms with Gasteiger partial charge in [0, 0.05) is 18.5 Å². The lowest BCUT2D eigenvalue weighted by Crippen LogP contribution is -2.30. The van der Waals surface area contributed by atoms with Gasteiger partial charge in [-0.1, -0.05) is 0 Å². The van der Waals surface area contributed by atoms with Crippen molar-refractivity contribution in [3.63, 3.8) is 0 Å². The van der Waals surface area contributed by atoms with Crippen LogP contribution in [0.4, 0.5) is 0 Å². The average molecular weight is 265 g/mol. The number of nitrogens with one attached hydrogen (secondary N) is 1. The molecule has 1 aliphatic carbocycles. The highest BCUT2D eigenvalue weighted by atomic mass is 35.5. The SMILES string of the molecule is Cl.Cl.c1nnc(C2CCCNC2)n1C1CC1. The van der Waals surface area contributed by atoms with Crippen LogP contribution < -0.4 is 5.32 Å². The van der Waals surface area contributed by atoms with Crippen molar-refractivity contribution in [1.82, 2.24) is 20.1 Å². The highest BCUT2D eigenvalue weighted by Crippen LogP contribution is 2.37. The lowest BCUT2D eigenvalue weighted by atomic mass is 9.99. The normalized spacial score (nSPS) is 24.4. The molecule has 0 spiro atoms. The van der Waals surface area contributed by atoms with Gasteiger partial charge in [0.25, 0.3) is 0 Å². The van der Waals surface area contributed by atoms with Gasteiger partial charge in [-0.3, -0.25) is 0 Å². The van der Waals surface area contributed by atoms with Crippen LogP contribution in [0.2, 0.25) is 0 Å². The maximum absolute atomic E-state index is 4.27. The van der Waals surface area contributed by atoms with Crippen LogP contribution in [-0.2, 0) is 0 Å². The van der Waals surface area contributed by atoms with Gasteiger partial charge in [-0.2, -0.15) is 0 Å². The molecule has 92 valence electrons. The van der Waals surface area contributed by atoms with Gasteiger partial charge >= 0.3 is 0 Å². The van der Waals surface area contributed by atoms with Gasteiger partial charge in [0.1, 0.15) is 12.2 Å². The van der Waals surface area contributed by atoms with E-state index in [-0.39, 0.29) is 24.8 Å². The molecule has 0 radical (unpaired) electrons. The van der Waals surface area contributed by atoms with Crippen molar-refractivity contribution >= 4 is 24.8 Å². The third-order valence-corrected chi connectivity index (χ3v) is 3.20. The summed E-state index contributed by atoms with van der Waals surface area (Å²) in [6, 6.07) is 0.710. The molecule has 1 saturated carbocycles. The average Bonchev–Trinajstić information content (AvgIpc) is 2.98. The van der Waals surface area contributed by atoms with Crippen LogP contribution >= 0.6 is 24.8 Å². The van der Waals surface area contributed by atoms with Crippen LogP contribution in [-0.4, -0.2) is 27.9 Å². The minimum Gasteiger partial charge on any atom is -0.316 e. The molecule has 1 aliphatic heterocycles. The predicted octanol–water partition coefficient (Wildman–Crippen LogP) is 1.92. The van der Waals surface area contributed by atoms with Crippen LogP contribution in [0.25, 0.3) is 0 Å². The van der Waals surface area contributed by atoms with Gasteiger partial charge in [-0.15, -0.1) is 35.0 Å². The number of piperidine rings is 1. The molecule has 4 nitrogen and oxygen atoms in total. The van der Waals surface area contributed by atoms with Crippen molar-refractivity contribution in [3.05, 3.63) is 12.2 Å². The Labute approximate surface area is 108 Å². The fraction of sp³-hybridized carbons (Fsp3) is 0.800. The Balaban J connectivity index is 0.000000640. The molecule has 0 bridgehead atoms. The molecule has 1 N–H and O–H groups in total. The highest BCUT2D eigenvalue weighted by Gasteiger charge is 2.29. The molecule has 3 rings (SSSR count). The summed E-state index contributed by atoms with van der Waals surface area (Å²) in [4.78, 5) is 0. The molecular weight excluding hydrogens is 247 g/mol. The molecule has 6 heteroatoms. The second kappa shape index (κ2) is 5.84. The summed E-state index contributed by atoms with van der Waals surface area (Å²) < 4.78 is 2.29. The number of hydrogen-bond donors (Lipinski definition) is 1. The molecule has 16 heavy (non-hydrogen) atoms. The van der Waals surface area contributed by atoms with Crippen LogP contribution in [0.5, 0.6) is 0 Å². The quantitative estimate of drug-likeness (QED) is 0.888. The summed E-state index contributed by atoms with van der Waals surface area (Å²) in [6.07, 6.45) is 7.05. The zero-order valence-electron chi connectivity index (χ0n) is 9.13. The van der Waals surface area contributed by atoms with E-state index in [2.05, 4.69) is 20.1 Å². The Kier molecular flexibility index (Phi) is 5.02. The van der Waals surface area contributed by atoms with E-state index >= 15 is 0 Å². The van der Waals surface area contributed by atoms with Gasteiger partial charge in [-0.25, -0.2) is 0 Å². The number of halogens is 2. The van der Waals surface area contributed by atoms with E-state index in [1.54, 1.807) is 0 Å². The summed E-state index contributed by atoms with van der Waals surface area (Å²) in [5.74, 6) is 1.80. The third-order valence-electron chi connectivity index (χ3n) is 3.20. The summed E-state index contributed by atoms with van der Waals surface area (Å²) in [5, 5.41) is 11.7. The summed E-state index contributed by atoms with van der Waals surface area (Å²) in [6.45, 7) is 2.24. The van der Waals surface area contributed by atoms with Gasteiger partial charge in [-0.05, 0) is 32.2 Å². The molecule has 1 unspecified atom stereocenters. The third kappa shape index (κ3) is 2.67. The smallest absolute Gasteiger partial charge is 0.137 e. The zero-order valence-corrected chi connectivity index (χ0v) is 10.8. The molecule has 2 heterocycles. The van der Waals surface area contributed by atoms with Crippen molar-refractivity contribution in [2.24, 2.45) is 0 Å². The van der Waals surface area contributed by atoms with Crippen molar-refractivity contribution in [2.75, 3.05) is 13.1 Å². The first-order valence-electron chi connectivity index (χ1n) is 5.55. The molecule has 0 amide bonds. The first-order chi connectivity index (χ1) is 6.95. The van der Waals surface area contributed by atoms with Gasteiger partial charge < -0.3 is 9.88 Å². The Morgan fingerprint density at radius 3 is 2.69 bits per heavy atom. The van der Waals surface area contributed by atoms with E-state index in [0.717, 1.165) is 13.1 Å². The summed E-state index contributed by atoms with van der Waals surface area (Å²) >= 11 is 0. The van der Waals surface area contributed by atoms with E-state index in [9.17, 15) is 0 Å². The van der Waals surface area contributed by atoms with E-state index in [0.29, 0.717) is 12.0 Å². The Morgan fingerprint density at radius 1 is 1.25 bits per heavy atom. The first kappa shape index (κ1) is 13.7. The highest BCUT2D eigenvalue weighted by molar-refractivity contribution is 5.85.